The van der Waals surface area contributed by atoms with Gasteiger partial charge in [-0.05, 0) is 19.3 Å². The van der Waals surface area contributed by atoms with Gasteiger partial charge >= 0.3 is 5.97 Å². The molecule has 1 fully saturated rings. The van der Waals surface area contributed by atoms with Crippen molar-refractivity contribution in [3.05, 3.63) is 0 Å². The zero-order valence-corrected chi connectivity index (χ0v) is 12.4. The molecule has 0 bridgehead atoms. The molecular weight excluding hydrogens is 270 g/mol. The number of sulfonamides is 1. The smallest absolute Gasteiger partial charge is 0.321 e. The van der Waals surface area contributed by atoms with E-state index < -0.39 is 16.0 Å². The lowest BCUT2D eigenvalue weighted by Crippen LogP contribution is -2.43. The maximum Gasteiger partial charge on any atom is 0.321 e. The lowest BCUT2D eigenvalue weighted by atomic mass is 10.2. The van der Waals surface area contributed by atoms with Crippen LogP contribution in [-0.4, -0.2) is 57.9 Å². The van der Waals surface area contributed by atoms with Crippen LogP contribution in [0, 0.1) is 0 Å². The second kappa shape index (κ2) is 7.81. The summed E-state index contributed by atoms with van der Waals surface area (Å²) in [4.78, 5) is 11.4. The minimum atomic E-state index is -3.43. The molecule has 0 atom stereocenters. The first-order chi connectivity index (χ1) is 9.01. The summed E-state index contributed by atoms with van der Waals surface area (Å²) < 4.78 is 35.4. The van der Waals surface area contributed by atoms with E-state index >= 15 is 0 Å². The number of rotatable bonds is 8. The lowest BCUT2D eigenvalue weighted by molar-refractivity contribution is -0.141. The van der Waals surface area contributed by atoms with Crippen molar-refractivity contribution >= 4 is 16.0 Å². The van der Waals surface area contributed by atoms with Gasteiger partial charge in [-0.15, -0.1) is 0 Å². The van der Waals surface area contributed by atoms with E-state index in [1.165, 1.54) is 18.5 Å². The van der Waals surface area contributed by atoms with E-state index in [2.05, 4.69) is 4.74 Å². The Bertz CT molecular complexity index is 376. The van der Waals surface area contributed by atoms with Gasteiger partial charge in [0.1, 0.15) is 6.54 Å². The van der Waals surface area contributed by atoms with Crippen molar-refractivity contribution in [2.45, 2.75) is 38.1 Å². The van der Waals surface area contributed by atoms with Gasteiger partial charge in [-0.2, -0.15) is 4.31 Å². The second-order valence-corrected chi connectivity index (χ2v) is 6.76. The van der Waals surface area contributed by atoms with Crippen molar-refractivity contribution in [2.24, 2.45) is 0 Å². The molecule has 0 aromatic carbocycles. The first kappa shape index (κ1) is 16.4. The zero-order chi connectivity index (χ0) is 14.3. The third-order valence-electron chi connectivity index (χ3n) is 3.35. The third-order valence-corrected chi connectivity index (χ3v) is 5.30. The van der Waals surface area contributed by atoms with Gasteiger partial charge in [0.2, 0.25) is 10.0 Å². The Morgan fingerprint density at radius 3 is 2.42 bits per heavy atom. The number of nitrogens with zero attached hydrogens (tertiary/aromatic N) is 1. The molecule has 1 aliphatic carbocycles. The quantitative estimate of drug-likeness (QED) is 0.488. The van der Waals surface area contributed by atoms with Crippen LogP contribution in [0.5, 0.6) is 0 Å². The van der Waals surface area contributed by atoms with Crippen LogP contribution in [0.15, 0.2) is 0 Å². The van der Waals surface area contributed by atoms with Crippen molar-refractivity contribution in [1.29, 1.82) is 0 Å². The highest BCUT2D eigenvalue weighted by molar-refractivity contribution is 7.89. The van der Waals surface area contributed by atoms with Crippen molar-refractivity contribution in [2.75, 3.05) is 33.1 Å². The van der Waals surface area contributed by atoms with Gasteiger partial charge in [-0.3, -0.25) is 4.79 Å². The van der Waals surface area contributed by atoms with E-state index in [9.17, 15) is 13.2 Å². The van der Waals surface area contributed by atoms with Crippen LogP contribution >= 0.6 is 0 Å². The van der Waals surface area contributed by atoms with Crippen molar-refractivity contribution in [3.63, 3.8) is 0 Å². The number of carbonyl (C=O) groups is 1. The highest BCUT2D eigenvalue weighted by Gasteiger charge is 2.33. The standard InChI is InChI=1S/C12H23NO5S/c1-17-8-5-9-19(15,16)13(10-12(14)18-2)11-6-3-4-7-11/h11H,3-10H2,1-2H3. The summed E-state index contributed by atoms with van der Waals surface area (Å²) in [6.07, 6.45) is 4.09. The predicted octanol–water partition coefficient (Wildman–Crippen LogP) is 0.770. The number of hydrogen-bond acceptors (Lipinski definition) is 5. The van der Waals surface area contributed by atoms with Crippen LogP contribution < -0.4 is 0 Å². The lowest BCUT2D eigenvalue weighted by Gasteiger charge is -2.26. The maximum absolute atomic E-state index is 12.3. The molecule has 0 aromatic rings. The van der Waals surface area contributed by atoms with E-state index in [1.807, 2.05) is 0 Å². The number of esters is 1. The molecule has 0 radical (unpaired) electrons. The molecule has 6 nitrogen and oxygen atoms in total. The van der Waals surface area contributed by atoms with Gasteiger partial charge in [0.15, 0.2) is 0 Å². The average Bonchev–Trinajstić information content (AvgIpc) is 2.89. The van der Waals surface area contributed by atoms with Crippen LogP contribution in [0.3, 0.4) is 0 Å². The summed E-state index contributed by atoms with van der Waals surface area (Å²) in [6, 6.07) is -0.0633. The normalized spacial score (nSPS) is 17.0. The molecule has 0 heterocycles. The summed E-state index contributed by atoms with van der Waals surface area (Å²) in [6.45, 7) is 0.215. The fourth-order valence-electron chi connectivity index (χ4n) is 2.34. The van der Waals surface area contributed by atoms with Gasteiger partial charge in [-0.1, -0.05) is 12.8 Å². The van der Waals surface area contributed by atoms with Gasteiger partial charge in [0.05, 0.1) is 12.9 Å². The molecule has 0 spiro atoms. The predicted molar refractivity (Wildman–Crippen MR) is 71.3 cm³/mol. The Kier molecular flexibility index (Phi) is 6.74. The van der Waals surface area contributed by atoms with Gasteiger partial charge in [0.25, 0.3) is 0 Å². The number of hydrogen-bond donors (Lipinski definition) is 0. The molecule has 0 amide bonds. The summed E-state index contributed by atoms with van der Waals surface area (Å²) in [5.74, 6) is -0.504. The summed E-state index contributed by atoms with van der Waals surface area (Å²) in [5.41, 5.74) is 0. The highest BCUT2D eigenvalue weighted by Crippen LogP contribution is 2.26. The summed E-state index contributed by atoms with van der Waals surface area (Å²) >= 11 is 0. The first-order valence-electron chi connectivity index (χ1n) is 6.56. The number of carbonyl (C=O) groups excluding carboxylic acids is 1. The molecular formula is C12H23NO5S. The largest absolute Gasteiger partial charge is 0.468 e. The Morgan fingerprint density at radius 1 is 1.26 bits per heavy atom. The molecule has 112 valence electrons. The van der Waals surface area contributed by atoms with Crippen LogP contribution in [0.2, 0.25) is 0 Å². The van der Waals surface area contributed by atoms with E-state index in [4.69, 9.17) is 4.74 Å². The molecule has 0 N–H and O–H groups in total. The zero-order valence-electron chi connectivity index (χ0n) is 11.6. The Balaban J connectivity index is 2.72. The molecule has 0 saturated heterocycles. The SMILES string of the molecule is COCCCS(=O)(=O)N(CC(=O)OC)C1CCCC1. The monoisotopic (exact) mass is 293 g/mol. The minimum absolute atomic E-state index is 0.00827. The van der Waals surface area contributed by atoms with Crippen molar-refractivity contribution < 1.29 is 22.7 Å². The van der Waals surface area contributed by atoms with Crippen LogP contribution in [-0.2, 0) is 24.3 Å². The van der Waals surface area contributed by atoms with Gasteiger partial charge in [0, 0.05) is 19.8 Å². The molecule has 1 rings (SSSR count). The maximum atomic E-state index is 12.3. The van der Waals surface area contributed by atoms with Crippen molar-refractivity contribution in [1.82, 2.24) is 4.31 Å². The average molecular weight is 293 g/mol. The molecule has 0 aliphatic heterocycles. The van der Waals surface area contributed by atoms with Crippen LogP contribution in [0.25, 0.3) is 0 Å². The fourth-order valence-corrected chi connectivity index (χ4v) is 4.03. The Morgan fingerprint density at radius 2 is 1.89 bits per heavy atom. The van der Waals surface area contributed by atoms with Crippen molar-refractivity contribution in [3.8, 4) is 0 Å². The van der Waals surface area contributed by atoms with E-state index in [0.717, 1.165) is 25.7 Å². The first-order valence-corrected chi connectivity index (χ1v) is 8.17. The summed E-state index contributed by atoms with van der Waals surface area (Å²) in [5, 5.41) is 0. The molecule has 7 heteroatoms. The molecule has 0 aromatic heterocycles. The Hall–Kier alpha value is -0.660. The highest BCUT2D eigenvalue weighted by atomic mass is 32.2. The molecule has 0 unspecified atom stereocenters. The molecule has 1 saturated carbocycles. The van der Waals surface area contributed by atoms with E-state index in [1.54, 1.807) is 0 Å². The topological polar surface area (TPSA) is 72.9 Å². The van der Waals surface area contributed by atoms with Crippen LogP contribution in [0.1, 0.15) is 32.1 Å². The van der Waals surface area contributed by atoms with Crippen LogP contribution in [0.4, 0.5) is 0 Å². The van der Waals surface area contributed by atoms with E-state index in [-0.39, 0.29) is 18.3 Å². The second-order valence-electron chi connectivity index (χ2n) is 4.72. The number of ether oxygens (including phenoxy) is 2. The minimum Gasteiger partial charge on any atom is -0.468 e. The Labute approximate surface area is 115 Å². The summed E-state index contributed by atoms with van der Waals surface area (Å²) in [7, 11) is -0.623. The third kappa shape index (κ3) is 5.08. The van der Waals surface area contributed by atoms with E-state index in [0.29, 0.717) is 13.0 Å². The van der Waals surface area contributed by atoms with Gasteiger partial charge < -0.3 is 9.47 Å². The van der Waals surface area contributed by atoms with Gasteiger partial charge in [-0.25, -0.2) is 8.42 Å². The number of methoxy groups -OCH3 is 2. The molecule has 19 heavy (non-hydrogen) atoms. The fraction of sp³-hybridized carbons (Fsp3) is 0.917. The molecule has 1 aliphatic rings.